The van der Waals surface area contributed by atoms with Crippen LogP contribution in [0.1, 0.15) is 63.5 Å². The standard InChI is InChI=1S/C17H26O/c1-3-5-9-17(18)10-7-6-8-16-13-11-15(4-2)12-14-16/h11-14H,3-10H2,1-2H3. The number of unbranched alkanes of at least 4 members (excludes halogenated alkanes) is 2. The summed E-state index contributed by atoms with van der Waals surface area (Å²) in [6.45, 7) is 4.31. The van der Waals surface area contributed by atoms with E-state index in [1.54, 1.807) is 0 Å². The van der Waals surface area contributed by atoms with Crippen LogP contribution < -0.4 is 0 Å². The molecule has 0 saturated carbocycles. The van der Waals surface area contributed by atoms with E-state index in [0.717, 1.165) is 51.4 Å². The van der Waals surface area contributed by atoms with Gasteiger partial charge in [0.15, 0.2) is 0 Å². The minimum absolute atomic E-state index is 0.443. The van der Waals surface area contributed by atoms with Gasteiger partial charge < -0.3 is 0 Å². The van der Waals surface area contributed by atoms with Crippen molar-refractivity contribution in [1.82, 2.24) is 0 Å². The number of benzene rings is 1. The summed E-state index contributed by atoms with van der Waals surface area (Å²) in [5, 5.41) is 0. The van der Waals surface area contributed by atoms with Crippen LogP contribution in [0.15, 0.2) is 24.3 Å². The van der Waals surface area contributed by atoms with Crippen molar-refractivity contribution in [3.05, 3.63) is 35.4 Å². The molecule has 0 aliphatic heterocycles. The van der Waals surface area contributed by atoms with Crippen molar-refractivity contribution < 1.29 is 4.79 Å². The van der Waals surface area contributed by atoms with Crippen LogP contribution in [-0.2, 0) is 17.6 Å². The van der Waals surface area contributed by atoms with Crippen molar-refractivity contribution in [3.8, 4) is 0 Å². The van der Waals surface area contributed by atoms with Crippen LogP contribution in [-0.4, -0.2) is 5.78 Å². The largest absolute Gasteiger partial charge is 0.300 e. The first-order valence-corrected chi connectivity index (χ1v) is 7.35. The van der Waals surface area contributed by atoms with E-state index in [-0.39, 0.29) is 0 Å². The number of aryl methyl sites for hydroxylation is 2. The maximum Gasteiger partial charge on any atom is 0.132 e. The molecule has 0 amide bonds. The predicted molar refractivity (Wildman–Crippen MR) is 77.9 cm³/mol. The summed E-state index contributed by atoms with van der Waals surface area (Å²) in [5.74, 6) is 0.443. The Labute approximate surface area is 112 Å². The smallest absolute Gasteiger partial charge is 0.132 e. The van der Waals surface area contributed by atoms with E-state index in [4.69, 9.17) is 0 Å². The van der Waals surface area contributed by atoms with Crippen LogP contribution in [0.2, 0.25) is 0 Å². The van der Waals surface area contributed by atoms with Gasteiger partial charge in [-0.15, -0.1) is 0 Å². The summed E-state index contributed by atoms with van der Waals surface area (Å²) in [7, 11) is 0. The van der Waals surface area contributed by atoms with E-state index in [1.165, 1.54) is 11.1 Å². The summed E-state index contributed by atoms with van der Waals surface area (Å²) in [6.07, 6.45) is 8.10. The quantitative estimate of drug-likeness (QED) is 0.576. The molecule has 0 aliphatic rings. The summed E-state index contributed by atoms with van der Waals surface area (Å²) >= 11 is 0. The Kier molecular flexibility index (Phi) is 7.40. The predicted octanol–water partition coefficient (Wildman–Crippen LogP) is 4.72. The summed E-state index contributed by atoms with van der Waals surface area (Å²) in [6, 6.07) is 8.86. The van der Waals surface area contributed by atoms with Gasteiger partial charge in [0.1, 0.15) is 5.78 Å². The van der Waals surface area contributed by atoms with Gasteiger partial charge in [-0.1, -0.05) is 44.5 Å². The number of carbonyl (C=O) groups excluding carboxylic acids is 1. The highest BCUT2D eigenvalue weighted by molar-refractivity contribution is 5.78. The van der Waals surface area contributed by atoms with Crippen molar-refractivity contribution >= 4 is 5.78 Å². The van der Waals surface area contributed by atoms with Crippen LogP contribution in [0, 0.1) is 0 Å². The number of carbonyl (C=O) groups is 1. The lowest BCUT2D eigenvalue weighted by molar-refractivity contribution is -0.119. The van der Waals surface area contributed by atoms with Crippen molar-refractivity contribution in [3.63, 3.8) is 0 Å². The Morgan fingerprint density at radius 3 is 2.11 bits per heavy atom. The van der Waals surface area contributed by atoms with Gasteiger partial charge in [-0.25, -0.2) is 0 Å². The number of hydrogen-bond donors (Lipinski definition) is 0. The van der Waals surface area contributed by atoms with Gasteiger partial charge in [0.2, 0.25) is 0 Å². The zero-order chi connectivity index (χ0) is 13.2. The van der Waals surface area contributed by atoms with Gasteiger partial charge >= 0.3 is 0 Å². The fourth-order valence-corrected chi connectivity index (χ4v) is 2.09. The summed E-state index contributed by atoms with van der Waals surface area (Å²) in [4.78, 5) is 11.5. The third-order valence-corrected chi connectivity index (χ3v) is 3.41. The molecule has 0 aromatic heterocycles. The Bertz CT molecular complexity index is 337. The molecule has 18 heavy (non-hydrogen) atoms. The SMILES string of the molecule is CCCCC(=O)CCCCc1ccc(CC)cc1. The summed E-state index contributed by atoms with van der Waals surface area (Å²) in [5.41, 5.74) is 2.79. The highest BCUT2D eigenvalue weighted by atomic mass is 16.1. The highest BCUT2D eigenvalue weighted by Gasteiger charge is 2.01. The Morgan fingerprint density at radius 2 is 1.50 bits per heavy atom. The number of Topliss-reactive ketones (excluding diaryl/α,β-unsaturated/α-hetero) is 1. The van der Waals surface area contributed by atoms with Gasteiger partial charge in [0.25, 0.3) is 0 Å². The molecule has 1 heteroatoms. The molecule has 0 bridgehead atoms. The molecular weight excluding hydrogens is 220 g/mol. The molecule has 0 spiro atoms. The molecule has 0 N–H and O–H groups in total. The van der Waals surface area contributed by atoms with Crippen LogP contribution >= 0.6 is 0 Å². The molecule has 1 nitrogen and oxygen atoms in total. The van der Waals surface area contributed by atoms with Crippen molar-refractivity contribution in [2.24, 2.45) is 0 Å². The molecule has 0 aliphatic carbocycles. The minimum Gasteiger partial charge on any atom is -0.300 e. The monoisotopic (exact) mass is 246 g/mol. The van der Waals surface area contributed by atoms with E-state index in [9.17, 15) is 4.79 Å². The molecule has 0 atom stereocenters. The molecule has 1 aromatic rings. The zero-order valence-corrected chi connectivity index (χ0v) is 11.9. The van der Waals surface area contributed by atoms with Crippen molar-refractivity contribution in [1.29, 1.82) is 0 Å². The lowest BCUT2D eigenvalue weighted by atomic mass is 10.0. The first-order valence-electron chi connectivity index (χ1n) is 7.35. The second-order valence-electron chi connectivity index (χ2n) is 5.02. The van der Waals surface area contributed by atoms with Gasteiger partial charge in [-0.05, 0) is 43.2 Å². The average Bonchev–Trinajstić information content (AvgIpc) is 2.42. The first kappa shape index (κ1) is 14.9. The third kappa shape index (κ3) is 6.00. The van der Waals surface area contributed by atoms with E-state index in [0.29, 0.717) is 5.78 Å². The van der Waals surface area contributed by atoms with Gasteiger partial charge in [-0.2, -0.15) is 0 Å². The average molecular weight is 246 g/mol. The Morgan fingerprint density at radius 1 is 0.889 bits per heavy atom. The van der Waals surface area contributed by atoms with Gasteiger partial charge in [0.05, 0.1) is 0 Å². The highest BCUT2D eigenvalue weighted by Crippen LogP contribution is 2.10. The van der Waals surface area contributed by atoms with E-state index < -0.39 is 0 Å². The van der Waals surface area contributed by atoms with E-state index in [2.05, 4.69) is 38.1 Å². The second kappa shape index (κ2) is 8.91. The minimum atomic E-state index is 0.443. The molecule has 0 fully saturated rings. The molecule has 1 rings (SSSR count). The number of ketones is 1. The van der Waals surface area contributed by atoms with Gasteiger partial charge in [0, 0.05) is 12.8 Å². The normalized spacial score (nSPS) is 10.6. The molecule has 0 radical (unpaired) electrons. The van der Waals surface area contributed by atoms with E-state index >= 15 is 0 Å². The van der Waals surface area contributed by atoms with Crippen LogP contribution in [0.5, 0.6) is 0 Å². The van der Waals surface area contributed by atoms with Crippen LogP contribution in [0.25, 0.3) is 0 Å². The van der Waals surface area contributed by atoms with Crippen LogP contribution in [0.3, 0.4) is 0 Å². The molecule has 0 saturated heterocycles. The molecule has 1 aromatic carbocycles. The molecular formula is C17H26O. The first-order chi connectivity index (χ1) is 8.76. The van der Waals surface area contributed by atoms with Crippen molar-refractivity contribution in [2.45, 2.75) is 65.2 Å². The fraction of sp³-hybridized carbons (Fsp3) is 0.588. The number of rotatable bonds is 9. The lowest BCUT2D eigenvalue weighted by Crippen LogP contribution is -1.97. The van der Waals surface area contributed by atoms with E-state index in [1.807, 2.05) is 0 Å². The van der Waals surface area contributed by atoms with Crippen LogP contribution in [0.4, 0.5) is 0 Å². The maximum absolute atomic E-state index is 11.5. The number of hydrogen-bond acceptors (Lipinski definition) is 1. The fourth-order valence-electron chi connectivity index (χ4n) is 2.09. The second-order valence-corrected chi connectivity index (χ2v) is 5.02. The Hall–Kier alpha value is -1.11. The molecule has 0 heterocycles. The zero-order valence-electron chi connectivity index (χ0n) is 11.9. The van der Waals surface area contributed by atoms with Crippen molar-refractivity contribution in [2.75, 3.05) is 0 Å². The third-order valence-electron chi connectivity index (χ3n) is 3.41. The molecule has 0 unspecified atom stereocenters. The Balaban J connectivity index is 2.15. The van der Waals surface area contributed by atoms with Gasteiger partial charge in [-0.3, -0.25) is 4.79 Å². The molecule has 100 valence electrons. The maximum atomic E-state index is 11.5. The summed E-state index contributed by atoms with van der Waals surface area (Å²) < 4.78 is 0. The lowest BCUT2D eigenvalue weighted by Gasteiger charge is -2.03. The topological polar surface area (TPSA) is 17.1 Å².